The van der Waals surface area contributed by atoms with Gasteiger partial charge in [0, 0.05) is 0 Å². The molecule has 0 aliphatic carbocycles. The maximum atomic E-state index is 13.5. The molecule has 1 unspecified atom stereocenters. The Morgan fingerprint density at radius 3 is 1.28 bits per heavy atom. The van der Waals surface area contributed by atoms with E-state index in [-0.39, 0.29) is 5.31 Å². The molecule has 0 amide bonds. The van der Waals surface area contributed by atoms with E-state index in [2.05, 4.69) is 0 Å². The maximum absolute atomic E-state index is 13.5. The van der Waals surface area contributed by atoms with Crippen LogP contribution in [-0.4, -0.2) is 36.9 Å². The van der Waals surface area contributed by atoms with Gasteiger partial charge in [0.2, 0.25) is 0 Å². The Bertz CT molecular complexity index is 1130. The van der Waals surface area contributed by atoms with Gasteiger partial charge >= 0.3 is 11.9 Å². The molecule has 6 nitrogen and oxygen atoms in total. The van der Waals surface area contributed by atoms with Gasteiger partial charge in [-0.1, -0.05) is 54.6 Å². The first-order chi connectivity index (χ1) is 17.3. The summed E-state index contributed by atoms with van der Waals surface area (Å²) in [6, 6.07) is 28.4. The van der Waals surface area contributed by atoms with Crippen molar-refractivity contribution in [2.75, 3.05) is 14.2 Å². The summed E-state index contributed by atoms with van der Waals surface area (Å²) in [5.74, 6) is -5.14. The van der Waals surface area contributed by atoms with Crippen LogP contribution in [0.4, 0.5) is 0 Å². The van der Waals surface area contributed by atoms with E-state index in [1.165, 1.54) is 28.1 Å². The van der Waals surface area contributed by atoms with Crippen molar-refractivity contribution in [3.8, 4) is 0 Å². The van der Waals surface area contributed by atoms with Crippen LogP contribution in [0.1, 0.15) is 13.8 Å². The topological polar surface area (TPSA) is 89.9 Å². The molecule has 0 radical (unpaired) electrons. The third kappa shape index (κ3) is 4.95. The van der Waals surface area contributed by atoms with Crippen molar-refractivity contribution >= 4 is 40.7 Å². The summed E-state index contributed by atoms with van der Waals surface area (Å²) in [7, 11) is -0.609. The van der Waals surface area contributed by atoms with Crippen LogP contribution in [0.25, 0.3) is 0 Å². The highest BCUT2D eigenvalue weighted by molar-refractivity contribution is 7.99. The lowest BCUT2D eigenvalue weighted by Crippen LogP contribution is -2.42. The van der Waals surface area contributed by atoms with E-state index in [4.69, 9.17) is 9.47 Å². The lowest BCUT2D eigenvalue weighted by molar-refractivity contribution is -0.150. The van der Waals surface area contributed by atoms with Crippen LogP contribution in [0, 0.1) is 11.8 Å². The molecule has 1 atom stereocenters. The molecule has 0 saturated heterocycles. The lowest BCUT2D eigenvalue weighted by Gasteiger charge is -2.33. The molecule has 0 aliphatic rings. The van der Waals surface area contributed by atoms with Gasteiger partial charge in [0.15, 0.2) is 5.31 Å². The second kappa shape index (κ2) is 11.8. The predicted molar refractivity (Wildman–Crippen MR) is 142 cm³/mol. The molecular formula is C29H30O6P+. The Balaban J connectivity index is 2.62. The fourth-order valence-electron chi connectivity index (χ4n) is 4.70. The number of hydrogen-bond donors (Lipinski definition) is 1. The normalized spacial score (nSPS) is 12.9. The molecule has 1 N–H and O–H groups in total. The Morgan fingerprint density at radius 2 is 1.00 bits per heavy atom. The van der Waals surface area contributed by atoms with Crippen LogP contribution in [0.5, 0.6) is 0 Å². The number of aliphatic hydroxyl groups excluding tert-OH is 1. The van der Waals surface area contributed by atoms with Crippen molar-refractivity contribution in [3.05, 3.63) is 102 Å². The van der Waals surface area contributed by atoms with E-state index in [9.17, 15) is 19.5 Å². The van der Waals surface area contributed by atoms with Crippen molar-refractivity contribution in [1.82, 2.24) is 0 Å². The molecular weight excluding hydrogens is 475 g/mol. The minimum absolute atomic E-state index is 0.149. The third-order valence-electron chi connectivity index (χ3n) is 6.16. The monoisotopic (exact) mass is 505 g/mol. The number of esters is 1. The van der Waals surface area contributed by atoms with Crippen molar-refractivity contribution in [2.24, 2.45) is 11.8 Å². The molecule has 0 aromatic heterocycles. The summed E-state index contributed by atoms with van der Waals surface area (Å²) < 4.78 is 10.5. The van der Waals surface area contributed by atoms with Gasteiger partial charge < -0.3 is 14.6 Å². The van der Waals surface area contributed by atoms with Crippen molar-refractivity contribution in [1.29, 1.82) is 0 Å². The van der Waals surface area contributed by atoms with E-state index in [0.717, 1.165) is 15.9 Å². The highest BCUT2D eigenvalue weighted by atomic mass is 31.2. The Hall–Kier alpha value is -3.76. The molecule has 0 saturated carbocycles. The van der Waals surface area contributed by atoms with Gasteiger partial charge in [0.25, 0.3) is 0 Å². The van der Waals surface area contributed by atoms with Gasteiger partial charge in [0.1, 0.15) is 40.7 Å². The van der Waals surface area contributed by atoms with Gasteiger partial charge in [-0.2, -0.15) is 0 Å². The first-order valence-corrected chi connectivity index (χ1v) is 13.2. The SMILES string of the molecule is COC(=O)C(/C(=C(/O)OC)[P+](c1ccccc1)(c1ccccc1)c1ccccc1)C(C(C)=O)C(C)=O. The molecule has 3 aromatic rings. The lowest BCUT2D eigenvalue weighted by atomic mass is 9.85. The van der Waals surface area contributed by atoms with E-state index in [1.54, 1.807) is 0 Å². The predicted octanol–water partition coefficient (Wildman–Crippen LogP) is 3.94. The van der Waals surface area contributed by atoms with Crippen molar-refractivity contribution in [3.63, 3.8) is 0 Å². The number of benzene rings is 3. The second-order valence-electron chi connectivity index (χ2n) is 8.27. The summed E-state index contributed by atoms with van der Waals surface area (Å²) in [6.45, 7) is 2.52. The number of methoxy groups -OCH3 is 2. The quantitative estimate of drug-likeness (QED) is 0.194. The maximum Gasteiger partial charge on any atom is 0.318 e. The Kier molecular flexibility index (Phi) is 8.78. The highest BCUT2D eigenvalue weighted by Crippen LogP contribution is 2.66. The molecule has 36 heavy (non-hydrogen) atoms. The van der Waals surface area contributed by atoms with Crippen LogP contribution in [0.2, 0.25) is 0 Å². The van der Waals surface area contributed by atoms with Crippen LogP contribution in [0.3, 0.4) is 0 Å². The van der Waals surface area contributed by atoms with Crippen LogP contribution in [0.15, 0.2) is 102 Å². The zero-order valence-corrected chi connectivity index (χ0v) is 21.6. The Labute approximate surface area is 211 Å². The molecule has 3 aromatic carbocycles. The molecule has 186 valence electrons. The summed E-state index contributed by atoms with van der Waals surface area (Å²) in [5.41, 5.74) is 0. The summed E-state index contributed by atoms with van der Waals surface area (Å²) in [4.78, 5) is 39.1. The number of Topliss-reactive ketones (excluding diaryl/α,β-unsaturated/α-hetero) is 2. The summed E-state index contributed by atoms with van der Waals surface area (Å²) in [6.07, 6.45) is 0. The molecule has 0 fully saturated rings. The fourth-order valence-corrected chi connectivity index (χ4v) is 9.33. The highest BCUT2D eigenvalue weighted by Gasteiger charge is 2.59. The summed E-state index contributed by atoms with van der Waals surface area (Å²) in [5, 5.41) is 14.0. The van der Waals surface area contributed by atoms with E-state index in [1.807, 2.05) is 91.0 Å². The van der Waals surface area contributed by atoms with Crippen LogP contribution >= 0.6 is 7.26 Å². The smallest absolute Gasteiger partial charge is 0.318 e. The number of ether oxygens (including phenoxy) is 2. The van der Waals surface area contributed by atoms with E-state index in [0.29, 0.717) is 0 Å². The fraction of sp³-hybridized carbons (Fsp3) is 0.207. The molecule has 0 bridgehead atoms. The molecule has 0 aliphatic heterocycles. The minimum atomic E-state index is -3.09. The van der Waals surface area contributed by atoms with Crippen LogP contribution in [-0.2, 0) is 23.9 Å². The first-order valence-electron chi connectivity index (χ1n) is 11.4. The van der Waals surface area contributed by atoms with Gasteiger partial charge in [-0.15, -0.1) is 0 Å². The first kappa shape index (κ1) is 26.8. The molecule has 0 heterocycles. The van der Waals surface area contributed by atoms with Crippen molar-refractivity contribution in [2.45, 2.75) is 13.8 Å². The number of rotatable bonds is 10. The number of carbonyl (C=O) groups excluding carboxylic acids is 3. The second-order valence-corrected chi connectivity index (χ2v) is 11.6. The summed E-state index contributed by atoms with van der Waals surface area (Å²) >= 11 is 0. The molecule has 3 rings (SSSR count). The van der Waals surface area contributed by atoms with Gasteiger partial charge in [-0.25, -0.2) is 0 Å². The zero-order chi connectivity index (χ0) is 26.3. The van der Waals surface area contributed by atoms with Crippen LogP contribution < -0.4 is 15.9 Å². The minimum Gasteiger partial charge on any atom is -0.478 e. The van der Waals surface area contributed by atoms with Gasteiger partial charge in [0.05, 0.1) is 20.1 Å². The standard InChI is InChI=1S/C29H29O6P/c1-20(30)25(21(2)31)26(28(32)34-3)27(29(33)35-4)36(22-14-8-5-9-15-22,23-16-10-6-11-17-23)24-18-12-7-13-19-24/h5-19,25-26H,1-4H3/p+1/b29-27+. The van der Waals surface area contributed by atoms with E-state index < -0.39 is 42.6 Å². The average Bonchev–Trinajstić information content (AvgIpc) is 2.90. The van der Waals surface area contributed by atoms with E-state index >= 15 is 0 Å². The number of aliphatic hydroxyl groups is 1. The zero-order valence-electron chi connectivity index (χ0n) is 20.8. The molecule has 7 heteroatoms. The van der Waals surface area contributed by atoms with Gasteiger partial charge in [-0.3, -0.25) is 14.4 Å². The Morgan fingerprint density at radius 1 is 0.639 bits per heavy atom. The number of ketones is 2. The third-order valence-corrected chi connectivity index (χ3v) is 10.6. The van der Waals surface area contributed by atoms with Crippen molar-refractivity contribution < 1.29 is 29.0 Å². The molecule has 0 spiro atoms. The number of hydrogen-bond acceptors (Lipinski definition) is 6. The number of carbonyl (C=O) groups is 3. The van der Waals surface area contributed by atoms with Gasteiger partial charge in [-0.05, 0) is 50.2 Å². The largest absolute Gasteiger partial charge is 0.478 e. The average molecular weight is 506 g/mol.